The average molecular weight is 337 g/mol. The van der Waals surface area contributed by atoms with E-state index in [4.69, 9.17) is 5.73 Å². The molecule has 1 aromatic heterocycles. The van der Waals surface area contributed by atoms with Crippen LogP contribution in [0.4, 0.5) is 5.69 Å². The first kappa shape index (κ1) is 15.1. The third-order valence-corrected chi connectivity index (χ3v) is 4.75. The smallest absolute Gasteiger partial charge is 0.0739 e. The Morgan fingerprint density at radius 1 is 1.45 bits per heavy atom. The quantitative estimate of drug-likeness (QED) is 0.871. The molecule has 0 fully saturated rings. The lowest BCUT2D eigenvalue weighted by Gasteiger charge is -2.25. The van der Waals surface area contributed by atoms with Gasteiger partial charge >= 0.3 is 0 Å². The van der Waals surface area contributed by atoms with E-state index < -0.39 is 0 Å². The van der Waals surface area contributed by atoms with Crippen molar-refractivity contribution in [3.8, 4) is 0 Å². The van der Waals surface area contributed by atoms with Crippen molar-refractivity contribution in [1.29, 1.82) is 0 Å². The van der Waals surface area contributed by atoms with E-state index in [-0.39, 0.29) is 0 Å². The lowest BCUT2D eigenvalue weighted by Crippen LogP contribution is -2.23. The summed E-state index contributed by atoms with van der Waals surface area (Å²) in [5.74, 6) is 0. The highest BCUT2D eigenvalue weighted by Gasteiger charge is 2.17. The van der Waals surface area contributed by atoms with Gasteiger partial charge in [0.2, 0.25) is 0 Å². The van der Waals surface area contributed by atoms with Crippen molar-refractivity contribution in [3.05, 3.63) is 45.7 Å². The molecule has 0 radical (unpaired) electrons. The molecule has 0 bridgehead atoms. The van der Waals surface area contributed by atoms with Crippen molar-refractivity contribution >= 4 is 21.6 Å². The number of nitrogens with zero attached hydrogens (tertiary/aromatic N) is 3. The molecule has 20 heavy (non-hydrogen) atoms. The third-order valence-electron chi connectivity index (χ3n) is 3.72. The lowest BCUT2D eigenvalue weighted by atomic mass is 10.1. The van der Waals surface area contributed by atoms with Crippen LogP contribution in [0.5, 0.6) is 0 Å². The van der Waals surface area contributed by atoms with Gasteiger partial charge in [0.15, 0.2) is 0 Å². The van der Waals surface area contributed by atoms with Crippen LogP contribution in [-0.2, 0) is 13.6 Å². The summed E-state index contributed by atoms with van der Waals surface area (Å²) >= 11 is 3.62. The van der Waals surface area contributed by atoms with Crippen molar-refractivity contribution in [2.45, 2.75) is 26.4 Å². The minimum Gasteiger partial charge on any atom is -0.399 e. The molecule has 2 aromatic rings. The fourth-order valence-corrected chi connectivity index (χ4v) is 2.76. The Morgan fingerprint density at radius 3 is 2.70 bits per heavy atom. The fourth-order valence-electron chi connectivity index (χ4n) is 2.30. The molecule has 0 aliphatic heterocycles. The SMILES string of the molecule is Cc1nn(C)c(CN(C)C(C)c2cccc(N)c2)c1Br. The van der Waals surface area contributed by atoms with E-state index >= 15 is 0 Å². The topological polar surface area (TPSA) is 47.1 Å². The summed E-state index contributed by atoms with van der Waals surface area (Å²) in [6.45, 7) is 5.02. The molecule has 1 unspecified atom stereocenters. The molecule has 0 spiro atoms. The number of aromatic nitrogens is 2. The number of nitrogen functional groups attached to an aromatic ring is 1. The Morgan fingerprint density at radius 2 is 2.15 bits per heavy atom. The molecule has 0 aliphatic rings. The maximum absolute atomic E-state index is 5.86. The van der Waals surface area contributed by atoms with Gasteiger partial charge in [-0.15, -0.1) is 0 Å². The molecule has 4 nitrogen and oxygen atoms in total. The fraction of sp³-hybridized carbons (Fsp3) is 0.400. The molecule has 1 aromatic carbocycles. The van der Waals surface area contributed by atoms with Crippen molar-refractivity contribution < 1.29 is 0 Å². The minimum atomic E-state index is 0.292. The highest BCUT2D eigenvalue weighted by Crippen LogP contribution is 2.26. The van der Waals surface area contributed by atoms with Gasteiger partial charge in [-0.25, -0.2) is 0 Å². The molecule has 0 amide bonds. The van der Waals surface area contributed by atoms with Gasteiger partial charge in [0.25, 0.3) is 0 Å². The summed E-state index contributed by atoms with van der Waals surface area (Å²) in [6, 6.07) is 8.35. The highest BCUT2D eigenvalue weighted by molar-refractivity contribution is 9.10. The Kier molecular flexibility index (Phi) is 4.50. The second-order valence-corrected chi connectivity index (χ2v) is 6.02. The molecule has 5 heteroatoms. The Balaban J connectivity index is 2.17. The zero-order valence-corrected chi connectivity index (χ0v) is 14.0. The van der Waals surface area contributed by atoms with Gasteiger partial charge in [0.1, 0.15) is 0 Å². The molecule has 2 rings (SSSR count). The maximum Gasteiger partial charge on any atom is 0.0739 e. The van der Waals surface area contributed by atoms with Crippen LogP contribution in [0.3, 0.4) is 0 Å². The molecule has 0 saturated heterocycles. The number of benzene rings is 1. The number of rotatable bonds is 4. The first-order chi connectivity index (χ1) is 9.40. The molecule has 108 valence electrons. The molecule has 0 aliphatic carbocycles. The van der Waals surface area contributed by atoms with Crippen LogP contribution in [-0.4, -0.2) is 21.7 Å². The normalized spacial score (nSPS) is 12.9. The van der Waals surface area contributed by atoms with Gasteiger partial charge in [-0.3, -0.25) is 9.58 Å². The van der Waals surface area contributed by atoms with E-state index in [1.807, 2.05) is 36.9 Å². The molecule has 1 atom stereocenters. The molecular formula is C15H21BrN4. The monoisotopic (exact) mass is 336 g/mol. The van der Waals surface area contributed by atoms with Crippen molar-refractivity contribution in [3.63, 3.8) is 0 Å². The summed E-state index contributed by atoms with van der Waals surface area (Å²) in [5, 5.41) is 4.43. The van der Waals surface area contributed by atoms with Gasteiger partial charge in [-0.2, -0.15) is 5.10 Å². The summed E-state index contributed by atoms with van der Waals surface area (Å²) in [4.78, 5) is 2.29. The first-order valence-electron chi connectivity index (χ1n) is 6.63. The van der Waals surface area contributed by atoms with Crippen LogP contribution in [0.1, 0.15) is 29.9 Å². The molecule has 2 N–H and O–H groups in total. The van der Waals surface area contributed by atoms with Gasteiger partial charge in [0.05, 0.1) is 15.9 Å². The van der Waals surface area contributed by atoms with Gasteiger partial charge in [-0.05, 0) is 54.5 Å². The summed E-state index contributed by atoms with van der Waals surface area (Å²) in [5.41, 5.74) is 10.1. The van der Waals surface area contributed by atoms with E-state index in [1.54, 1.807) is 0 Å². The van der Waals surface area contributed by atoms with Gasteiger partial charge in [-0.1, -0.05) is 12.1 Å². The third kappa shape index (κ3) is 3.04. The van der Waals surface area contributed by atoms with Gasteiger partial charge in [0, 0.05) is 25.3 Å². The highest BCUT2D eigenvalue weighted by atomic mass is 79.9. The van der Waals surface area contributed by atoms with Crippen LogP contribution >= 0.6 is 15.9 Å². The zero-order valence-electron chi connectivity index (χ0n) is 12.4. The molecular weight excluding hydrogens is 316 g/mol. The van der Waals surface area contributed by atoms with Crippen LogP contribution in [0.2, 0.25) is 0 Å². The Labute approximate surface area is 128 Å². The van der Waals surface area contributed by atoms with Crippen molar-refractivity contribution in [1.82, 2.24) is 14.7 Å². The predicted molar refractivity (Wildman–Crippen MR) is 86.4 cm³/mol. The number of halogens is 1. The van der Waals surface area contributed by atoms with E-state index in [9.17, 15) is 0 Å². The van der Waals surface area contributed by atoms with Crippen molar-refractivity contribution in [2.24, 2.45) is 7.05 Å². The standard InChI is InChI=1S/C15H21BrN4/c1-10-15(16)14(20(4)18-10)9-19(3)11(2)12-6-5-7-13(17)8-12/h5-8,11H,9,17H2,1-4H3. The Hall–Kier alpha value is -1.33. The second kappa shape index (κ2) is 5.97. The van der Waals surface area contributed by atoms with E-state index in [2.05, 4.69) is 46.0 Å². The number of hydrogen-bond donors (Lipinski definition) is 1. The average Bonchev–Trinajstić information content (AvgIpc) is 2.64. The Bertz CT molecular complexity index is 606. The van der Waals surface area contributed by atoms with E-state index in [0.717, 1.165) is 22.4 Å². The van der Waals surface area contributed by atoms with E-state index in [1.165, 1.54) is 11.3 Å². The number of aryl methyl sites for hydroxylation is 2. The van der Waals surface area contributed by atoms with Crippen LogP contribution in [0.15, 0.2) is 28.7 Å². The van der Waals surface area contributed by atoms with Crippen LogP contribution in [0, 0.1) is 6.92 Å². The predicted octanol–water partition coefficient (Wildman–Crippen LogP) is 3.27. The summed E-state index contributed by atoms with van der Waals surface area (Å²) < 4.78 is 3.02. The van der Waals surface area contributed by atoms with Gasteiger partial charge < -0.3 is 5.73 Å². The number of anilines is 1. The molecule has 0 saturated carbocycles. The second-order valence-electron chi connectivity index (χ2n) is 5.23. The summed E-state index contributed by atoms with van der Waals surface area (Å²) in [7, 11) is 4.09. The van der Waals surface area contributed by atoms with Crippen molar-refractivity contribution in [2.75, 3.05) is 12.8 Å². The van der Waals surface area contributed by atoms with E-state index in [0.29, 0.717) is 6.04 Å². The van der Waals surface area contributed by atoms with Crippen LogP contribution in [0.25, 0.3) is 0 Å². The summed E-state index contributed by atoms with van der Waals surface area (Å²) in [6.07, 6.45) is 0. The largest absolute Gasteiger partial charge is 0.399 e. The minimum absolute atomic E-state index is 0.292. The maximum atomic E-state index is 5.86. The lowest BCUT2D eigenvalue weighted by molar-refractivity contribution is 0.246. The number of nitrogens with two attached hydrogens (primary N) is 1. The van der Waals surface area contributed by atoms with Crippen LogP contribution < -0.4 is 5.73 Å². The number of hydrogen-bond acceptors (Lipinski definition) is 3. The molecule has 1 heterocycles. The zero-order chi connectivity index (χ0) is 14.9. The first-order valence-corrected chi connectivity index (χ1v) is 7.43.